The number of nitrogens with zero attached hydrogens (tertiary/aromatic N) is 6. The normalized spacial score (nSPS) is 19.3. The van der Waals surface area contributed by atoms with Gasteiger partial charge in [-0.2, -0.15) is 28.2 Å². The third kappa shape index (κ3) is 4.06. The van der Waals surface area contributed by atoms with Crippen LogP contribution in [-0.4, -0.2) is 76.4 Å². The van der Waals surface area contributed by atoms with E-state index in [0.29, 0.717) is 41.8 Å². The average molecular weight is 460 g/mol. The van der Waals surface area contributed by atoms with Crippen LogP contribution in [0.1, 0.15) is 12.0 Å². The molecule has 0 aliphatic carbocycles. The summed E-state index contributed by atoms with van der Waals surface area (Å²) in [6, 6.07) is 5.18. The van der Waals surface area contributed by atoms with Gasteiger partial charge in [0.05, 0.1) is 28.9 Å². The predicted molar refractivity (Wildman–Crippen MR) is 116 cm³/mol. The fourth-order valence-corrected chi connectivity index (χ4v) is 4.05. The molecular weight excluding hydrogens is 437 g/mol. The van der Waals surface area contributed by atoms with Crippen LogP contribution in [0.15, 0.2) is 30.5 Å². The molecule has 0 saturated carbocycles. The van der Waals surface area contributed by atoms with E-state index in [1.807, 2.05) is 14.1 Å². The van der Waals surface area contributed by atoms with Crippen LogP contribution >= 0.6 is 0 Å². The lowest BCUT2D eigenvalue weighted by Gasteiger charge is -2.43. The molecule has 9 nitrogen and oxygen atoms in total. The van der Waals surface area contributed by atoms with Crippen LogP contribution in [-0.2, 0) is 11.0 Å². The van der Waals surface area contributed by atoms with Crippen LogP contribution in [0.4, 0.5) is 24.9 Å². The first-order valence-electron chi connectivity index (χ1n) is 10.6. The lowest BCUT2D eigenvalue weighted by Crippen LogP contribution is -2.57. The number of fused-ring (bicyclic) bond motifs is 1. The molecular formula is C21H23F3N8O. The van der Waals surface area contributed by atoms with Crippen molar-refractivity contribution in [2.45, 2.75) is 24.7 Å². The van der Waals surface area contributed by atoms with Crippen molar-refractivity contribution in [1.29, 1.82) is 0 Å². The zero-order valence-electron chi connectivity index (χ0n) is 18.1. The molecule has 2 aliphatic heterocycles. The van der Waals surface area contributed by atoms with E-state index >= 15 is 0 Å². The third-order valence-corrected chi connectivity index (χ3v) is 6.03. The molecule has 2 aromatic heterocycles. The summed E-state index contributed by atoms with van der Waals surface area (Å²) in [5, 5.41) is 10.9. The molecule has 3 aromatic rings. The molecule has 1 atom stereocenters. The minimum atomic E-state index is -4.47. The van der Waals surface area contributed by atoms with Gasteiger partial charge >= 0.3 is 6.18 Å². The van der Waals surface area contributed by atoms with Crippen LogP contribution in [0, 0.1) is 0 Å². The van der Waals surface area contributed by atoms with E-state index < -0.39 is 11.7 Å². The van der Waals surface area contributed by atoms with Crippen molar-refractivity contribution in [2.75, 3.05) is 43.9 Å². The number of aromatic nitrogens is 4. The van der Waals surface area contributed by atoms with Gasteiger partial charge in [0.25, 0.3) is 0 Å². The summed E-state index contributed by atoms with van der Waals surface area (Å²) < 4.78 is 41.2. The first kappa shape index (κ1) is 21.4. The number of likely N-dealkylation sites (N-methyl/N-ethyl adjacent to an activating group) is 1. The number of carbonyl (C=O) groups is 1. The largest absolute Gasteiger partial charge is 0.416 e. The Bertz CT molecular complexity index is 1200. The summed E-state index contributed by atoms with van der Waals surface area (Å²) in [7, 11) is 4.03. The number of hydrogen-bond donors (Lipinski definition) is 2. The van der Waals surface area contributed by atoms with E-state index in [0.717, 1.165) is 25.2 Å². The van der Waals surface area contributed by atoms with Gasteiger partial charge in [-0.05, 0) is 32.3 Å². The second-order valence-corrected chi connectivity index (χ2v) is 8.58. The SMILES string of the molecule is CN(C)C1CN(c2nc(N[C@@H]3CNC(=O)C3)nc3c2cnn3-c2cccc(C(F)(F)F)c2)C1. The van der Waals surface area contributed by atoms with Crippen molar-refractivity contribution in [1.82, 2.24) is 30.0 Å². The molecule has 1 aromatic carbocycles. The van der Waals surface area contributed by atoms with E-state index in [2.05, 4.69) is 35.5 Å². The van der Waals surface area contributed by atoms with Gasteiger partial charge in [0.15, 0.2) is 5.65 Å². The number of benzene rings is 1. The van der Waals surface area contributed by atoms with Gasteiger partial charge in [0.2, 0.25) is 11.9 Å². The molecule has 0 spiro atoms. The van der Waals surface area contributed by atoms with Crippen molar-refractivity contribution >= 4 is 28.7 Å². The third-order valence-electron chi connectivity index (χ3n) is 6.03. The number of halogens is 3. The maximum absolute atomic E-state index is 13.3. The first-order valence-corrected chi connectivity index (χ1v) is 10.6. The Hall–Kier alpha value is -3.41. The van der Waals surface area contributed by atoms with Crippen LogP contribution in [0.25, 0.3) is 16.7 Å². The highest BCUT2D eigenvalue weighted by Crippen LogP contribution is 2.33. The summed E-state index contributed by atoms with van der Waals surface area (Å²) in [5.41, 5.74) is -0.112. The molecule has 4 heterocycles. The minimum absolute atomic E-state index is 0.0561. The zero-order valence-corrected chi connectivity index (χ0v) is 18.1. The second kappa shape index (κ2) is 7.87. The maximum Gasteiger partial charge on any atom is 0.416 e. The summed E-state index contributed by atoms with van der Waals surface area (Å²) >= 11 is 0. The Kier molecular flexibility index (Phi) is 5.11. The average Bonchev–Trinajstić information content (AvgIpc) is 3.32. The molecule has 1 amide bonds. The highest BCUT2D eigenvalue weighted by molar-refractivity contribution is 5.89. The van der Waals surface area contributed by atoms with Crippen molar-refractivity contribution in [3.8, 4) is 5.69 Å². The second-order valence-electron chi connectivity index (χ2n) is 8.58. The molecule has 33 heavy (non-hydrogen) atoms. The molecule has 2 aliphatic rings. The number of nitrogens with one attached hydrogen (secondary N) is 2. The Balaban J connectivity index is 1.57. The lowest BCUT2D eigenvalue weighted by molar-refractivity contribution is -0.137. The molecule has 0 radical (unpaired) electrons. The van der Waals surface area contributed by atoms with Gasteiger partial charge in [0, 0.05) is 32.1 Å². The van der Waals surface area contributed by atoms with Crippen LogP contribution < -0.4 is 15.5 Å². The topological polar surface area (TPSA) is 91.2 Å². The number of carbonyl (C=O) groups excluding carboxylic acids is 1. The molecule has 2 fully saturated rings. The van der Waals surface area contributed by atoms with Crippen LogP contribution in [0.5, 0.6) is 0 Å². The number of hydrogen-bond acceptors (Lipinski definition) is 7. The first-order chi connectivity index (χ1) is 15.7. The van der Waals surface area contributed by atoms with Gasteiger partial charge in [0.1, 0.15) is 5.82 Å². The molecule has 174 valence electrons. The van der Waals surface area contributed by atoms with Gasteiger partial charge in [-0.25, -0.2) is 4.68 Å². The van der Waals surface area contributed by atoms with Gasteiger partial charge in [-0.3, -0.25) is 4.79 Å². The molecule has 0 unspecified atom stereocenters. The van der Waals surface area contributed by atoms with Crippen LogP contribution in [0.2, 0.25) is 0 Å². The molecule has 12 heteroatoms. The van der Waals surface area contributed by atoms with E-state index in [-0.39, 0.29) is 17.6 Å². The van der Waals surface area contributed by atoms with E-state index in [1.54, 1.807) is 12.3 Å². The van der Waals surface area contributed by atoms with Gasteiger partial charge in [-0.1, -0.05) is 6.07 Å². The lowest BCUT2D eigenvalue weighted by atomic mass is 10.1. The van der Waals surface area contributed by atoms with Crippen LogP contribution in [0.3, 0.4) is 0 Å². The van der Waals surface area contributed by atoms with Gasteiger partial charge in [-0.15, -0.1) is 0 Å². The predicted octanol–water partition coefficient (Wildman–Crippen LogP) is 1.88. The van der Waals surface area contributed by atoms with E-state index in [1.165, 1.54) is 10.7 Å². The van der Waals surface area contributed by atoms with E-state index in [4.69, 9.17) is 0 Å². The smallest absolute Gasteiger partial charge is 0.354 e. The van der Waals surface area contributed by atoms with Crippen molar-refractivity contribution in [3.05, 3.63) is 36.0 Å². The fourth-order valence-electron chi connectivity index (χ4n) is 4.05. The molecule has 2 N–H and O–H groups in total. The standard InChI is InChI=1S/C21H23F3N8O/c1-30(2)15-10-31(11-15)18-16-9-26-32(14-5-3-4-12(6-14)21(22,23)24)19(16)29-20(28-18)27-13-7-17(33)25-8-13/h3-6,9,13,15H,7-8,10-11H2,1-2H3,(H,25,33)(H,27,28,29)/t13-/m0/s1. The highest BCUT2D eigenvalue weighted by atomic mass is 19.4. The molecule has 5 rings (SSSR count). The van der Waals surface area contributed by atoms with Crippen molar-refractivity contribution in [3.63, 3.8) is 0 Å². The monoisotopic (exact) mass is 460 g/mol. The Morgan fingerprint density at radius 2 is 2.00 bits per heavy atom. The van der Waals surface area contributed by atoms with Crippen molar-refractivity contribution < 1.29 is 18.0 Å². The number of anilines is 2. The van der Waals surface area contributed by atoms with Crippen molar-refractivity contribution in [2.24, 2.45) is 0 Å². The molecule has 0 bridgehead atoms. The number of amides is 1. The summed E-state index contributed by atoms with van der Waals surface area (Å²) in [6.07, 6.45) is -2.58. The fraction of sp³-hybridized carbons (Fsp3) is 0.429. The zero-order chi connectivity index (χ0) is 23.3. The minimum Gasteiger partial charge on any atom is -0.354 e. The maximum atomic E-state index is 13.3. The summed E-state index contributed by atoms with van der Waals surface area (Å²) in [5.74, 6) is 0.913. The Labute approximate surface area is 187 Å². The highest BCUT2D eigenvalue weighted by Gasteiger charge is 2.33. The summed E-state index contributed by atoms with van der Waals surface area (Å²) in [6.45, 7) is 1.97. The number of alkyl halides is 3. The quantitative estimate of drug-likeness (QED) is 0.601. The Morgan fingerprint density at radius 1 is 1.21 bits per heavy atom. The number of rotatable bonds is 5. The molecule has 2 saturated heterocycles. The summed E-state index contributed by atoms with van der Waals surface area (Å²) in [4.78, 5) is 25.1. The van der Waals surface area contributed by atoms with E-state index in [9.17, 15) is 18.0 Å². The van der Waals surface area contributed by atoms with Gasteiger partial charge < -0.3 is 20.4 Å². The Morgan fingerprint density at radius 3 is 2.67 bits per heavy atom.